The molecule has 4 rings (SSSR count). The Morgan fingerprint density at radius 2 is 1.96 bits per heavy atom. The van der Waals surface area contributed by atoms with Crippen LogP contribution in [0, 0.1) is 5.92 Å². The van der Waals surface area contributed by atoms with Crippen molar-refractivity contribution in [1.29, 1.82) is 0 Å². The highest BCUT2D eigenvalue weighted by Crippen LogP contribution is 2.22. The van der Waals surface area contributed by atoms with E-state index in [9.17, 15) is 4.79 Å². The molecule has 0 saturated carbocycles. The summed E-state index contributed by atoms with van der Waals surface area (Å²) < 4.78 is 5.85. The fourth-order valence-electron chi connectivity index (χ4n) is 3.47. The van der Waals surface area contributed by atoms with E-state index in [0.29, 0.717) is 24.0 Å². The van der Waals surface area contributed by atoms with Gasteiger partial charge < -0.3 is 14.6 Å². The van der Waals surface area contributed by atoms with Gasteiger partial charge in [-0.05, 0) is 60.7 Å². The summed E-state index contributed by atoms with van der Waals surface area (Å²) in [7, 11) is 0. The van der Waals surface area contributed by atoms with Gasteiger partial charge in [-0.25, -0.2) is 4.98 Å². The van der Waals surface area contributed by atoms with Crippen LogP contribution in [0.1, 0.15) is 18.4 Å². The third-order valence-corrected chi connectivity index (χ3v) is 5.36. The van der Waals surface area contributed by atoms with Crippen molar-refractivity contribution in [3.63, 3.8) is 0 Å². The highest BCUT2D eigenvalue weighted by molar-refractivity contribution is 6.30. The summed E-state index contributed by atoms with van der Waals surface area (Å²) in [6, 6.07) is 13.4. The van der Waals surface area contributed by atoms with Gasteiger partial charge in [0.25, 0.3) is 0 Å². The summed E-state index contributed by atoms with van der Waals surface area (Å²) in [5.74, 6) is 1.50. The Balaban J connectivity index is 1.25. The zero-order chi connectivity index (χ0) is 18.6. The summed E-state index contributed by atoms with van der Waals surface area (Å²) in [6.45, 7) is 2.26. The van der Waals surface area contributed by atoms with E-state index in [2.05, 4.69) is 9.97 Å². The van der Waals surface area contributed by atoms with E-state index in [1.807, 2.05) is 47.4 Å². The number of aromatic nitrogens is 2. The van der Waals surface area contributed by atoms with Crippen molar-refractivity contribution in [2.45, 2.75) is 19.3 Å². The summed E-state index contributed by atoms with van der Waals surface area (Å²) >= 11 is 5.89. The minimum absolute atomic E-state index is 0.186. The highest BCUT2D eigenvalue weighted by Gasteiger charge is 2.23. The monoisotopic (exact) mass is 383 g/mol. The standard InChI is InChI=1S/C21H22ClN3O2/c22-17-2-4-18(5-3-17)27-13-15-7-9-25(10-8-15)21(26)12-16-1-6-19-20(11-16)24-14-23-19/h1-6,11,14-15H,7-10,12-13H2,(H,23,24). The van der Waals surface area contributed by atoms with Crippen LogP contribution in [0.15, 0.2) is 48.8 Å². The Labute approximate surface area is 163 Å². The first-order valence-electron chi connectivity index (χ1n) is 9.25. The second kappa shape index (κ2) is 8.01. The Kier molecular flexibility index (Phi) is 5.30. The van der Waals surface area contributed by atoms with E-state index >= 15 is 0 Å². The molecule has 0 radical (unpaired) electrons. The minimum atomic E-state index is 0.186. The number of imidazole rings is 1. The molecule has 0 atom stereocenters. The van der Waals surface area contributed by atoms with Gasteiger partial charge >= 0.3 is 0 Å². The Hall–Kier alpha value is -2.53. The molecule has 3 aromatic rings. The molecular weight excluding hydrogens is 362 g/mol. The number of rotatable bonds is 5. The molecular formula is C21H22ClN3O2. The van der Waals surface area contributed by atoms with Crippen molar-refractivity contribution in [3.05, 3.63) is 59.4 Å². The average molecular weight is 384 g/mol. The van der Waals surface area contributed by atoms with Gasteiger partial charge in [-0.2, -0.15) is 0 Å². The number of hydrogen-bond acceptors (Lipinski definition) is 3. The number of ether oxygens (including phenoxy) is 1. The quantitative estimate of drug-likeness (QED) is 0.722. The number of amides is 1. The molecule has 0 bridgehead atoms. The van der Waals surface area contributed by atoms with Crippen LogP contribution < -0.4 is 4.74 Å². The molecule has 140 valence electrons. The number of aromatic amines is 1. The van der Waals surface area contributed by atoms with Gasteiger partial charge in [0, 0.05) is 18.1 Å². The molecule has 0 spiro atoms. The molecule has 6 heteroatoms. The zero-order valence-corrected chi connectivity index (χ0v) is 15.8. The summed E-state index contributed by atoms with van der Waals surface area (Å²) in [5, 5.41) is 0.709. The Morgan fingerprint density at radius 1 is 1.19 bits per heavy atom. The first kappa shape index (κ1) is 17.9. The largest absolute Gasteiger partial charge is 0.493 e. The van der Waals surface area contributed by atoms with E-state index in [0.717, 1.165) is 48.3 Å². The van der Waals surface area contributed by atoms with Crippen LogP contribution in [0.3, 0.4) is 0 Å². The van der Waals surface area contributed by atoms with Gasteiger partial charge in [0.2, 0.25) is 5.91 Å². The van der Waals surface area contributed by atoms with Gasteiger partial charge in [-0.15, -0.1) is 0 Å². The maximum Gasteiger partial charge on any atom is 0.226 e. The minimum Gasteiger partial charge on any atom is -0.493 e. The molecule has 1 N–H and O–H groups in total. The number of likely N-dealkylation sites (tertiary alicyclic amines) is 1. The molecule has 0 aliphatic carbocycles. The first-order chi connectivity index (χ1) is 13.2. The van der Waals surface area contributed by atoms with Crippen molar-refractivity contribution in [1.82, 2.24) is 14.9 Å². The average Bonchev–Trinajstić information content (AvgIpc) is 3.16. The number of H-pyrrole nitrogens is 1. The number of fused-ring (bicyclic) bond motifs is 1. The van der Waals surface area contributed by atoms with Crippen molar-refractivity contribution >= 4 is 28.5 Å². The van der Waals surface area contributed by atoms with E-state index in [1.165, 1.54) is 0 Å². The smallest absolute Gasteiger partial charge is 0.226 e. The van der Waals surface area contributed by atoms with Crippen LogP contribution in [0.25, 0.3) is 11.0 Å². The fraction of sp³-hybridized carbons (Fsp3) is 0.333. The number of nitrogens with zero attached hydrogens (tertiary/aromatic N) is 2. The summed E-state index contributed by atoms with van der Waals surface area (Å²) in [6.07, 6.45) is 4.05. The van der Waals surface area contributed by atoms with Gasteiger partial charge in [-0.3, -0.25) is 4.79 Å². The second-order valence-electron chi connectivity index (χ2n) is 7.02. The van der Waals surface area contributed by atoms with E-state index < -0.39 is 0 Å². The van der Waals surface area contributed by atoms with Crippen LogP contribution >= 0.6 is 11.6 Å². The highest BCUT2D eigenvalue weighted by atomic mass is 35.5. The molecule has 1 fully saturated rings. The van der Waals surface area contributed by atoms with Crippen LogP contribution in [0.4, 0.5) is 0 Å². The van der Waals surface area contributed by atoms with Crippen molar-refractivity contribution in [3.8, 4) is 5.75 Å². The molecule has 1 aliphatic rings. The predicted octanol–water partition coefficient (Wildman–Crippen LogP) is 4.08. The second-order valence-corrected chi connectivity index (χ2v) is 7.46. The number of carbonyl (C=O) groups excluding carboxylic acids is 1. The van der Waals surface area contributed by atoms with Gasteiger partial charge in [-0.1, -0.05) is 17.7 Å². The summed E-state index contributed by atoms with van der Waals surface area (Å²) in [4.78, 5) is 21.9. The Bertz CT molecular complexity index is 915. The Morgan fingerprint density at radius 3 is 2.74 bits per heavy atom. The number of carbonyl (C=O) groups is 1. The molecule has 2 aromatic carbocycles. The molecule has 27 heavy (non-hydrogen) atoms. The maximum absolute atomic E-state index is 12.6. The van der Waals surface area contributed by atoms with Crippen LogP contribution in [0.5, 0.6) is 5.75 Å². The third kappa shape index (κ3) is 4.42. The molecule has 1 aromatic heterocycles. The van der Waals surface area contributed by atoms with E-state index in [-0.39, 0.29) is 5.91 Å². The number of piperidine rings is 1. The lowest BCUT2D eigenvalue weighted by Crippen LogP contribution is -2.40. The molecule has 1 aliphatic heterocycles. The molecule has 5 nitrogen and oxygen atoms in total. The normalized spacial score (nSPS) is 15.2. The van der Waals surface area contributed by atoms with Crippen molar-refractivity contribution in [2.75, 3.05) is 19.7 Å². The zero-order valence-electron chi connectivity index (χ0n) is 15.0. The van der Waals surface area contributed by atoms with Gasteiger partial charge in [0.05, 0.1) is 30.4 Å². The van der Waals surface area contributed by atoms with E-state index in [4.69, 9.17) is 16.3 Å². The van der Waals surface area contributed by atoms with Crippen LogP contribution in [-0.4, -0.2) is 40.5 Å². The van der Waals surface area contributed by atoms with Gasteiger partial charge in [0.15, 0.2) is 0 Å². The molecule has 1 saturated heterocycles. The number of benzene rings is 2. The summed E-state index contributed by atoms with van der Waals surface area (Å²) in [5.41, 5.74) is 2.91. The lowest BCUT2D eigenvalue weighted by Gasteiger charge is -2.32. The van der Waals surface area contributed by atoms with Crippen LogP contribution in [0.2, 0.25) is 5.02 Å². The SMILES string of the molecule is O=C(Cc1ccc2nc[nH]c2c1)N1CCC(COc2ccc(Cl)cc2)CC1. The van der Waals surface area contributed by atoms with Crippen LogP contribution in [-0.2, 0) is 11.2 Å². The van der Waals surface area contributed by atoms with Crippen molar-refractivity contribution in [2.24, 2.45) is 5.92 Å². The molecule has 2 heterocycles. The first-order valence-corrected chi connectivity index (χ1v) is 9.63. The molecule has 0 unspecified atom stereocenters. The van der Waals surface area contributed by atoms with Gasteiger partial charge in [0.1, 0.15) is 5.75 Å². The molecule has 1 amide bonds. The van der Waals surface area contributed by atoms with Crippen molar-refractivity contribution < 1.29 is 9.53 Å². The van der Waals surface area contributed by atoms with E-state index in [1.54, 1.807) is 6.33 Å². The lowest BCUT2D eigenvalue weighted by molar-refractivity contribution is -0.132. The fourth-order valence-corrected chi connectivity index (χ4v) is 3.60. The number of nitrogens with one attached hydrogen (secondary N) is 1. The lowest BCUT2D eigenvalue weighted by atomic mass is 9.97. The third-order valence-electron chi connectivity index (χ3n) is 5.11. The predicted molar refractivity (Wildman–Crippen MR) is 106 cm³/mol. The topological polar surface area (TPSA) is 58.2 Å². The maximum atomic E-state index is 12.6. The number of hydrogen-bond donors (Lipinski definition) is 1. The number of halogens is 1.